The molecule has 0 bridgehead atoms. The smallest absolute Gasteiger partial charge is 0.367 e. The number of nitrogens with zero attached hydrogens (tertiary/aromatic N) is 4. The first-order valence-corrected chi connectivity index (χ1v) is 14.2. The molecule has 3 amide bonds. The third-order valence-electron chi connectivity index (χ3n) is 6.47. The van der Waals surface area contributed by atoms with Crippen molar-refractivity contribution in [2.45, 2.75) is 25.9 Å². The van der Waals surface area contributed by atoms with E-state index in [0.717, 1.165) is 29.5 Å². The number of alkyl halides is 6. The van der Waals surface area contributed by atoms with Gasteiger partial charge in [-0.25, -0.2) is 9.78 Å². The summed E-state index contributed by atoms with van der Waals surface area (Å²) in [6, 6.07) is 15.3. The normalized spacial score (nSPS) is 14.8. The van der Waals surface area contributed by atoms with Crippen molar-refractivity contribution in [1.82, 2.24) is 9.55 Å². The van der Waals surface area contributed by atoms with E-state index in [1.165, 1.54) is 23.4 Å². The van der Waals surface area contributed by atoms with Crippen LogP contribution >= 0.6 is 11.8 Å². The lowest BCUT2D eigenvalue weighted by molar-refractivity contribution is -0.176. The summed E-state index contributed by atoms with van der Waals surface area (Å²) in [5.41, 5.74) is 2.67. The Labute approximate surface area is 256 Å². The highest BCUT2D eigenvalue weighted by atomic mass is 32.2. The molecular formula is C30H23F6N5O3S. The van der Waals surface area contributed by atoms with Crippen molar-refractivity contribution in [3.05, 3.63) is 95.9 Å². The highest BCUT2D eigenvalue weighted by molar-refractivity contribution is 8.15. The molecule has 0 saturated carbocycles. The second-order valence-electron chi connectivity index (χ2n) is 9.87. The number of ether oxygens (including phenoxy) is 1. The molecule has 1 aliphatic heterocycles. The van der Waals surface area contributed by atoms with Crippen LogP contribution in [0.25, 0.3) is 16.9 Å². The number of urea groups is 1. The van der Waals surface area contributed by atoms with E-state index in [1.54, 1.807) is 60.2 Å². The van der Waals surface area contributed by atoms with Crippen LogP contribution in [-0.2, 0) is 22.3 Å². The second-order valence-corrected chi connectivity index (χ2v) is 10.8. The average molecular weight is 648 g/mol. The Hall–Kier alpha value is -4.63. The van der Waals surface area contributed by atoms with Crippen LogP contribution in [0.5, 0.6) is 0 Å². The van der Waals surface area contributed by atoms with Crippen molar-refractivity contribution >= 4 is 40.2 Å². The number of halogens is 6. The number of aromatic nitrogens is 2. The molecule has 3 aromatic carbocycles. The van der Waals surface area contributed by atoms with Gasteiger partial charge in [-0.3, -0.25) is 9.69 Å². The van der Waals surface area contributed by atoms with E-state index in [1.807, 2.05) is 0 Å². The van der Waals surface area contributed by atoms with E-state index in [2.05, 4.69) is 15.3 Å². The first-order chi connectivity index (χ1) is 21.3. The third kappa shape index (κ3) is 7.91. The summed E-state index contributed by atoms with van der Waals surface area (Å²) >= 11 is 1.02. The number of nitrogens with one attached hydrogen (secondary N) is 1. The van der Waals surface area contributed by atoms with E-state index in [9.17, 15) is 35.9 Å². The Kier molecular flexibility index (Phi) is 9.02. The van der Waals surface area contributed by atoms with E-state index >= 15 is 0 Å². The van der Waals surface area contributed by atoms with Gasteiger partial charge in [-0.2, -0.15) is 31.3 Å². The molecule has 0 radical (unpaired) electrons. The summed E-state index contributed by atoms with van der Waals surface area (Å²) in [5.74, 6) is -0.411. The quantitative estimate of drug-likeness (QED) is 0.209. The minimum absolute atomic E-state index is 0.0171. The Morgan fingerprint density at radius 3 is 2.40 bits per heavy atom. The zero-order chi connectivity index (χ0) is 32.4. The second kappa shape index (κ2) is 12.8. The van der Waals surface area contributed by atoms with Gasteiger partial charge in [0, 0.05) is 28.7 Å². The molecule has 1 fully saturated rings. The van der Waals surface area contributed by atoms with Gasteiger partial charge in [0.2, 0.25) is 5.91 Å². The number of imidazole rings is 1. The van der Waals surface area contributed by atoms with Crippen molar-refractivity contribution in [2.75, 3.05) is 22.6 Å². The van der Waals surface area contributed by atoms with Crippen LogP contribution in [0, 0.1) is 6.92 Å². The van der Waals surface area contributed by atoms with Crippen molar-refractivity contribution < 1.29 is 40.7 Å². The maximum atomic E-state index is 12.9. The molecule has 1 aromatic heterocycles. The molecule has 1 N–H and O–H groups in total. The zero-order valence-electron chi connectivity index (χ0n) is 23.3. The number of hydrogen-bond acceptors (Lipinski definition) is 5. The molecule has 8 nitrogen and oxygen atoms in total. The standard InChI is InChI=1S/C30H23F6N5O3S/c1-18-2-3-20(14-44-16-29(31,32)33)25(12-18)41-26(42)15-45-28(41)39-27(43)38-22-8-4-19(5-9-22)24-13-40(17-37-24)23-10-6-21(7-11-23)30(34,35)36/h2-13,17H,14-16H2,1H3,(H,38,43). The Balaban J connectivity index is 1.27. The number of rotatable bonds is 7. The number of anilines is 2. The first kappa shape index (κ1) is 31.8. The first-order valence-electron chi connectivity index (χ1n) is 13.2. The molecule has 234 valence electrons. The summed E-state index contributed by atoms with van der Waals surface area (Å²) in [6.45, 7) is -0.103. The summed E-state index contributed by atoms with van der Waals surface area (Å²) in [7, 11) is 0. The summed E-state index contributed by atoms with van der Waals surface area (Å²) < 4.78 is 82.7. The average Bonchev–Trinajstić information content (AvgIpc) is 3.60. The van der Waals surface area contributed by atoms with E-state index in [4.69, 9.17) is 4.74 Å². The van der Waals surface area contributed by atoms with Gasteiger partial charge in [0.25, 0.3) is 0 Å². The fourth-order valence-electron chi connectivity index (χ4n) is 4.36. The lowest BCUT2D eigenvalue weighted by Gasteiger charge is -2.20. The van der Waals surface area contributed by atoms with Crippen LogP contribution in [0.15, 0.2) is 84.2 Å². The van der Waals surface area contributed by atoms with Crippen LogP contribution in [0.4, 0.5) is 42.5 Å². The van der Waals surface area contributed by atoms with Gasteiger partial charge < -0.3 is 14.6 Å². The predicted octanol–water partition coefficient (Wildman–Crippen LogP) is 7.61. The van der Waals surface area contributed by atoms with Gasteiger partial charge in [-0.1, -0.05) is 36.0 Å². The number of thioether (sulfide) groups is 1. The highest BCUT2D eigenvalue weighted by Gasteiger charge is 2.33. The molecular weight excluding hydrogens is 624 g/mol. The Bertz CT molecular complexity index is 1730. The van der Waals surface area contributed by atoms with Gasteiger partial charge in [0.1, 0.15) is 6.61 Å². The Morgan fingerprint density at radius 1 is 1.02 bits per heavy atom. The van der Waals surface area contributed by atoms with Crippen LogP contribution < -0.4 is 10.2 Å². The number of benzene rings is 3. The predicted molar refractivity (Wildman–Crippen MR) is 157 cm³/mol. The molecule has 5 rings (SSSR count). The topological polar surface area (TPSA) is 88.8 Å². The number of carbonyl (C=O) groups is 2. The van der Waals surface area contributed by atoms with Crippen molar-refractivity contribution in [3.8, 4) is 16.9 Å². The molecule has 45 heavy (non-hydrogen) atoms. The molecule has 1 saturated heterocycles. The third-order valence-corrected chi connectivity index (χ3v) is 7.40. The summed E-state index contributed by atoms with van der Waals surface area (Å²) in [4.78, 5) is 35.1. The van der Waals surface area contributed by atoms with Crippen LogP contribution in [0.2, 0.25) is 0 Å². The molecule has 1 aliphatic rings. The van der Waals surface area contributed by atoms with Crippen LogP contribution in [-0.4, -0.2) is 45.2 Å². The van der Waals surface area contributed by atoms with Gasteiger partial charge in [0.15, 0.2) is 5.17 Å². The molecule has 15 heteroatoms. The van der Waals surface area contributed by atoms with Gasteiger partial charge >= 0.3 is 18.4 Å². The molecule has 0 atom stereocenters. The largest absolute Gasteiger partial charge is 0.416 e. The summed E-state index contributed by atoms with van der Waals surface area (Å²) in [6.07, 6.45) is -5.82. The summed E-state index contributed by atoms with van der Waals surface area (Å²) in [5, 5.41) is 2.68. The van der Waals surface area contributed by atoms with Gasteiger partial charge in [0.05, 0.1) is 35.6 Å². The lowest BCUT2D eigenvalue weighted by atomic mass is 10.1. The van der Waals surface area contributed by atoms with E-state index in [-0.39, 0.29) is 16.6 Å². The maximum Gasteiger partial charge on any atom is 0.416 e. The number of amides is 3. The number of aryl methyl sites for hydroxylation is 1. The number of aliphatic imine (C=N–C) groups is 1. The van der Waals surface area contributed by atoms with Crippen LogP contribution in [0.3, 0.4) is 0 Å². The monoisotopic (exact) mass is 647 g/mol. The number of amidine groups is 1. The van der Waals surface area contributed by atoms with Crippen molar-refractivity contribution in [1.29, 1.82) is 0 Å². The Morgan fingerprint density at radius 2 is 1.73 bits per heavy atom. The highest BCUT2D eigenvalue weighted by Crippen LogP contribution is 2.32. The SMILES string of the molecule is Cc1ccc(COCC(F)(F)F)c(N2C(=O)CSC2=NC(=O)Nc2ccc(-c3cn(-c4ccc(C(F)(F)F)cc4)cn3)cc2)c1. The molecule has 2 heterocycles. The lowest BCUT2D eigenvalue weighted by Crippen LogP contribution is -2.31. The van der Waals surface area contributed by atoms with E-state index in [0.29, 0.717) is 28.2 Å². The van der Waals surface area contributed by atoms with Crippen molar-refractivity contribution in [3.63, 3.8) is 0 Å². The molecule has 0 aliphatic carbocycles. The van der Waals surface area contributed by atoms with Crippen LogP contribution in [0.1, 0.15) is 16.7 Å². The molecule has 0 unspecified atom stereocenters. The zero-order valence-corrected chi connectivity index (χ0v) is 24.1. The minimum atomic E-state index is -4.51. The molecule has 0 spiro atoms. The number of carbonyl (C=O) groups excluding carboxylic acids is 2. The van der Waals surface area contributed by atoms with Gasteiger partial charge in [-0.15, -0.1) is 0 Å². The van der Waals surface area contributed by atoms with E-state index < -0.39 is 43.1 Å². The minimum Gasteiger partial charge on any atom is -0.367 e. The van der Waals surface area contributed by atoms with Gasteiger partial charge in [-0.05, 0) is 55.0 Å². The molecule has 4 aromatic rings. The maximum absolute atomic E-state index is 12.9. The fraction of sp³-hybridized carbons (Fsp3) is 0.200. The number of hydrogen-bond donors (Lipinski definition) is 1. The van der Waals surface area contributed by atoms with Crippen molar-refractivity contribution in [2.24, 2.45) is 4.99 Å². The fourth-order valence-corrected chi connectivity index (χ4v) is 5.22.